The van der Waals surface area contributed by atoms with Crippen LogP contribution in [0.2, 0.25) is 0 Å². The third-order valence-corrected chi connectivity index (χ3v) is 6.35. The summed E-state index contributed by atoms with van der Waals surface area (Å²) < 4.78 is 0. The highest BCUT2D eigenvalue weighted by Crippen LogP contribution is 2.23. The number of rotatable bonds is 10. The van der Waals surface area contributed by atoms with Crippen LogP contribution in [0.15, 0.2) is 35.3 Å². The van der Waals surface area contributed by atoms with Crippen LogP contribution in [0.1, 0.15) is 51.0 Å². The van der Waals surface area contributed by atoms with Crippen molar-refractivity contribution in [1.29, 1.82) is 0 Å². The summed E-state index contributed by atoms with van der Waals surface area (Å²) in [5.41, 5.74) is 1.26. The van der Waals surface area contributed by atoms with Crippen molar-refractivity contribution in [2.24, 2.45) is 16.8 Å². The Morgan fingerprint density at radius 3 is 2.52 bits per heavy atom. The molecule has 0 radical (unpaired) electrons. The van der Waals surface area contributed by atoms with Gasteiger partial charge in [-0.2, -0.15) is 0 Å². The molecule has 1 saturated carbocycles. The van der Waals surface area contributed by atoms with Crippen molar-refractivity contribution in [3.63, 3.8) is 0 Å². The van der Waals surface area contributed by atoms with Crippen molar-refractivity contribution in [3.05, 3.63) is 35.9 Å². The highest BCUT2D eigenvalue weighted by atomic mass is 127. The Morgan fingerprint density at radius 2 is 1.79 bits per heavy atom. The molecule has 0 aromatic heterocycles. The van der Waals surface area contributed by atoms with Crippen molar-refractivity contribution in [1.82, 2.24) is 20.9 Å². The van der Waals surface area contributed by atoms with Gasteiger partial charge >= 0.3 is 0 Å². The molecule has 0 spiro atoms. The Kier molecular flexibility index (Phi) is 12.6. The summed E-state index contributed by atoms with van der Waals surface area (Å²) in [6.45, 7) is 6.19. The number of hydrogen-bond donors (Lipinski definition) is 3. The topological polar surface area (TPSA) is 85.8 Å². The summed E-state index contributed by atoms with van der Waals surface area (Å²) >= 11 is 0. The Hall–Kier alpha value is -1.84. The zero-order valence-corrected chi connectivity index (χ0v) is 22.2. The molecule has 1 aromatic carbocycles. The fraction of sp³-hybridized carbons (Fsp3) is 0.640. The summed E-state index contributed by atoms with van der Waals surface area (Å²) in [5.74, 6) is 1.60. The number of nitrogens with one attached hydrogen (secondary N) is 3. The number of carbonyl (C=O) groups excluding carboxylic acids is 2. The van der Waals surface area contributed by atoms with E-state index in [4.69, 9.17) is 4.99 Å². The van der Waals surface area contributed by atoms with Crippen LogP contribution in [0.4, 0.5) is 0 Å². The predicted octanol–water partition coefficient (Wildman–Crippen LogP) is 2.95. The minimum Gasteiger partial charge on any atom is -0.357 e. The fourth-order valence-electron chi connectivity index (χ4n) is 4.54. The molecule has 1 saturated heterocycles. The summed E-state index contributed by atoms with van der Waals surface area (Å²) in [6.07, 6.45) is 7.08. The first-order chi connectivity index (χ1) is 15.7. The molecule has 1 aliphatic heterocycles. The molecule has 1 atom stereocenters. The average molecular weight is 570 g/mol. The lowest BCUT2D eigenvalue weighted by Gasteiger charge is -2.21. The molecular formula is C25H40IN5O2. The van der Waals surface area contributed by atoms with E-state index in [0.717, 1.165) is 44.9 Å². The first-order valence-electron chi connectivity index (χ1n) is 12.3. The van der Waals surface area contributed by atoms with Crippen LogP contribution in [0.3, 0.4) is 0 Å². The van der Waals surface area contributed by atoms with Gasteiger partial charge in [0.1, 0.15) is 0 Å². The number of amides is 2. The Bertz CT molecular complexity index is 752. The number of nitrogens with zero attached hydrogens (tertiary/aromatic N) is 2. The maximum Gasteiger partial charge on any atom is 0.223 e. The second-order valence-electron chi connectivity index (χ2n) is 8.92. The van der Waals surface area contributed by atoms with Crippen molar-refractivity contribution < 1.29 is 9.59 Å². The molecule has 33 heavy (non-hydrogen) atoms. The zero-order chi connectivity index (χ0) is 22.6. The average Bonchev–Trinajstić information content (AvgIpc) is 3.19. The molecule has 0 bridgehead atoms. The molecule has 2 amide bonds. The molecule has 1 heterocycles. The predicted molar refractivity (Wildman–Crippen MR) is 144 cm³/mol. The minimum atomic E-state index is 0. The monoisotopic (exact) mass is 569 g/mol. The maximum atomic E-state index is 12.4. The van der Waals surface area contributed by atoms with E-state index in [0.29, 0.717) is 26.1 Å². The third kappa shape index (κ3) is 9.51. The second kappa shape index (κ2) is 15.1. The molecule has 3 rings (SSSR count). The normalized spacial score (nSPS) is 19.2. The van der Waals surface area contributed by atoms with Gasteiger partial charge in [-0.25, -0.2) is 0 Å². The van der Waals surface area contributed by atoms with Gasteiger partial charge in [-0.3, -0.25) is 14.6 Å². The van der Waals surface area contributed by atoms with Crippen LogP contribution >= 0.6 is 24.0 Å². The quantitative estimate of drug-likeness (QED) is 0.175. The van der Waals surface area contributed by atoms with Crippen LogP contribution in [0.25, 0.3) is 0 Å². The van der Waals surface area contributed by atoms with Gasteiger partial charge in [0, 0.05) is 57.5 Å². The molecule has 1 aromatic rings. The van der Waals surface area contributed by atoms with E-state index in [1.54, 1.807) is 0 Å². The van der Waals surface area contributed by atoms with Crippen molar-refractivity contribution in [2.45, 2.75) is 51.9 Å². The van der Waals surface area contributed by atoms with Crippen LogP contribution in [0.5, 0.6) is 0 Å². The number of likely N-dealkylation sites (tertiary alicyclic amines) is 1. The molecule has 2 fully saturated rings. The standard InChI is InChI=1S/C25H39N5O2.HI/c1-2-26-25(28-15-14-27-24(32)22-11-7-4-8-12-22)29-18-21-17-23(31)30(19-21)16-13-20-9-5-3-6-10-20;/h3,5-6,9-10,21-22H,2,4,7-8,11-19H2,1H3,(H,27,32)(H2,26,28,29);1H. The summed E-state index contributed by atoms with van der Waals surface area (Å²) in [7, 11) is 0. The van der Waals surface area contributed by atoms with E-state index in [9.17, 15) is 9.59 Å². The van der Waals surface area contributed by atoms with Crippen LogP contribution in [-0.4, -0.2) is 61.9 Å². The number of hydrogen-bond acceptors (Lipinski definition) is 3. The van der Waals surface area contributed by atoms with Gasteiger partial charge in [-0.05, 0) is 31.7 Å². The van der Waals surface area contributed by atoms with Crippen LogP contribution in [0, 0.1) is 11.8 Å². The molecule has 3 N–H and O–H groups in total. The summed E-state index contributed by atoms with van der Waals surface area (Å²) in [5, 5.41) is 9.60. The molecular weight excluding hydrogens is 529 g/mol. The van der Waals surface area contributed by atoms with E-state index in [1.165, 1.54) is 24.8 Å². The first kappa shape index (κ1) is 27.4. The number of aliphatic imine (C=N–C) groups is 1. The van der Waals surface area contributed by atoms with E-state index in [2.05, 4.69) is 28.1 Å². The molecule has 1 unspecified atom stereocenters. The second-order valence-corrected chi connectivity index (χ2v) is 8.92. The SMILES string of the molecule is CCNC(=NCC1CC(=O)N(CCc2ccccc2)C1)NCCNC(=O)C1CCCCC1.I. The van der Waals surface area contributed by atoms with Gasteiger partial charge in [0.15, 0.2) is 5.96 Å². The van der Waals surface area contributed by atoms with E-state index in [1.807, 2.05) is 30.0 Å². The van der Waals surface area contributed by atoms with Gasteiger partial charge in [0.25, 0.3) is 0 Å². The number of benzene rings is 1. The fourth-order valence-corrected chi connectivity index (χ4v) is 4.54. The summed E-state index contributed by atoms with van der Waals surface area (Å²) in [6, 6.07) is 10.3. The number of halogens is 1. The lowest BCUT2D eigenvalue weighted by atomic mass is 9.89. The number of carbonyl (C=O) groups is 2. The first-order valence-corrected chi connectivity index (χ1v) is 12.3. The smallest absolute Gasteiger partial charge is 0.223 e. The van der Waals surface area contributed by atoms with Crippen molar-refractivity contribution >= 4 is 41.8 Å². The van der Waals surface area contributed by atoms with Crippen molar-refractivity contribution in [3.8, 4) is 0 Å². The molecule has 8 heteroatoms. The molecule has 7 nitrogen and oxygen atoms in total. The van der Waals surface area contributed by atoms with Gasteiger partial charge in [0.05, 0.1) is 0 Å². The largest absolute Gasteiger partial charge is 0.357 e. The highest BCUT2D eigenvalue weighted by Gasteiger charge is 2.29. The molecule has 184 valence electrons. The zero-order valence-electron chi connectivity index (χ0n) is 19.9. The lowest BCUT2D eigenvalue weighted by Crippen LogP contribution is -2.43. The third-order valence-electron chi connectivity index (χ3n) is 6.35. The Morgan fingerprint density at radius 1 is 1.06 bits per heavy atom. The molecule has 2 aliphatic rings. The van der Waals surface area contributed by atoms with E-state index < -0.39 is 0 Å². The highest BCUT2D eigenvalue weighted by molar-refractivity contribution is 14.0. The maximum absolute atomic E-state index is 12.4. The Balaban J connectivity index is 0.00000385. The van der Waals surface area contributed by atoms with Crippen LogP contribution in [-0.2, 0) is 16.0 Å². The minimum absolute atomic E-state index is 0. The number of guanidine groups is 1. The van der Waals surface area contributed by atoms with Crippen molar-refractivity contribution in [2.75, 3.05) is 39.3 Å². The van der Waals surface area contributed by atoms with E-state index >= 15 is 0 Å². The van der Waals surface area contributed by atoms with Gasteiger partial charge in [-0.15, -0.1) is 24.0 Å². The van der Waals surface area contributed by atoms with Gasteiger partial charge < -0.3 is 20.9 Å². The van der Waals surface area contributed by atoms with Gasteiger partial charge in [0.2, 0.25) is 11.8 Å². The van der Waals surface area contributed by atoms with Crippen LogP contribution < -0.4 is 16.0 Å². The lowest BCUT2D eigenvalue weighted by molar-refractivity contribution is -0.128. The molecule has 1 aliphatic carbocycles. The van der Waals surface area contributed by atoms with E-state index in [-0.39, 0.29) is 47.6 Å². The van der Waals surface area contributed by atoms with Gasteiger partial charge in [-0.1, -0.05) is 49.6 Å². The summed E-state index contributed by atoms with van der Waals surface area (Å²) in [4.78, 5) is 31.3. The Labute approximate surface area is 215 Å².